The highest BCUT2D eigenvalue weighted by atomic mass is 19.4. The monoisotopic (exact) mass is 562 g/mol. The normalized spacial score (nSPS) is 31.5. The number of carbonyl (C=O) groups excluding carboxylic acids is 1. The SMILES string of the molecule is C=NC1=C(/C=C(\C)C(F)(F)F)CN(C(=O)[C@]23C[C@H](NC4CCOCC4OC)C[C@H]2CN(c2ncccn2)C3)CC1. The Morgan fingerprint density at radius 1 is 1.35 bits per heavy atom. The molecule has 1 saturated carbocycles. The summed E-state index contributed by atoms with van der Waals surface area (Å²) in [4.78, 5) is 31.0. The zero-order chi connectivity index (χ0) is 28.5. The zero-order valence-electron chi connectivity index (χ0n) is 23.0. The third-order valence-corrected chi connectivity index (χ3v) is 8.86. The topological polar surface area (TPSA) is 92.2 Å². The highest BCUT2D eigenvalue weighted by molar-refractivity contribution is 5.86. The van der Waals surface area contributed by atoms with Gasteiger partial charge in [0.1, 0.15) is 0 Å². The van der Waals surface area contributed by atoms with Crippen molar-refractivity contribution >= 4 is 18.6 Å². The fourth-order valence-electron chi connectivity index (χ4n) is 6.79. The minimum atomic E-state index is -4.45. The van der Waals surface area contributed by atoms with Crippen LogP contribution in [0.5, 0.6) is 0 Å². The second kappa shape index (κ2) is 11.6. The Kier molecular flexibility index (Phi) is 8.30. The number of rotatable bonds is 7. The highest BCUT2D eigenvalue weighted by Gasteiger charge is 2.59. The first-order valence-electron chi connectivity index (χ1n) is 13.8. The van der Waals surface area contributed by atoms with Crippen molar-refractivity contribution in [2.24, 2.45) is 16.3 Å². The van der Waals surface area contributed by atoms with Crippen LogP contribution in [0.2, 0.25) is 0 Å². The first kappa shape index (κ1) is 28.7. The summed E-state index contributed by atoms with van der Waals surface area (Å²) < 4.78 is 51.3. The molecule has 0 radical (unpaired) electrons. The van der Waals surface area contributed by atoms with Gasteiger partial charge in [-0.1, -0.05) is 0 Å². The van der Waals surface area contributed by atoms with Gasteiger partial charge in [0.15, 0.2) is 0 Å². The van der Waals surface area contributed by atoms with Gasteiger partial charge >= 0.3 is 6.18 Å². The number of nitrogens with zero attached hydrogens (tertiary/aromatic N) is 5. The van der Waals surface area contributed by atoms with E-state index < -0.39 is 17.2 Å². The smallest absolute Gasteiger partial charge is 0.379 e. The van der Waals surface area contributed by atoms with Crippen LogP contribution in [-0.4, -0.2) is 98.4 Å². The molecular formula is C28H37F3N6O3. The molecule has 2 unspecified atom stereocenters. The van der Waals surface area contributed by atoms with Crippen LogP contribution in [-0.2, 0) is 14.3 Å². The molecule has 3 fully saturated rings. The number of fused-ring (bicyclic) bond motifs is 1. The molecule has 4 aliphatic rings. The number of anilines is 1. The largest absolute Gasteiger partial charge is 0.412 e. The van der Waals surface area contributed by atoms with E-state index in [1.165, 1.54) is 0 Å². The minimum absolute atomic E-state index is 0.0332. The number of aliphatic imine (C=N–C) groups is 1. The summed E-state index contributed by atoms with van der Waals surface area (Å²) in [6.45, 7) is 7.33. The molecule has 4 heterocycles. The van der Waals surface area contributed by atoms with Crippen LogP contribution in [0, 0.1) is 11.3 Å². The van der Waals surface area contributed by atoms with Crippen LogP contribution in [0.25, 0.3) is 0 Å². The van der Waals surface area contributed by atoms with Crippen LogP contribution in [0.4, 0.5) is 19.1 Å². The van der Waals surface area contributed by atoms with E-state index in [4.69, 9.17) is 9.47 Å². The van der Waals surface area contributed by atoms with Crippen LogP contribution in [0.1, 0.15) is 32.6 Å². The average Bonchev–Trinajstić information content (AvgIpc) is 3.48. The molecule has 5 atom stereocenters. The molecule has 218 valence electrons. The van der Waals surface area contributed by atoms with E-state index in [0.717, 1.165) is 25.8 Å². The lowest BCUT2D eigenvalue weighted by Crippen LogP contribution is -2.52. The Bertz CT molecular complexity index is 1160. The molecule has 0 spiro atoms. The Hall–Kier alpha value is -2.83. The Balaban J connectivity index is 1.40. The molecule has 2 saturated heterocycles. The zero-order valence-corrected chi connectivity index (χ0v) is 23.0. The summed E-state index contributed by atoms with van der Waals surface area (Å²) in [6, 6.07) is 1.99. The third kappa shape index (κ3) is 5.66. The van der Waals surface area contributed by atoms with Crippen molar-refractivity contribution in [3.05, 3.63) is 41.4 Å². The summed E-state index contributed by atoms with van der Waals surface area (Å²) in [5.74, 6) is 0.591. The molecule has 1 aromatic heterocycles. The molecule has 1 N–H and O–H groups in total. The summed E-state index contributed by atoms with van der Waals surface area (Å²) in [5, 5.41) is 3.76. The molecule has 0 aromatic carbocycles. The molecule has 5 rings (SSSR count). The maximum absolute atomic E-state index is 14.4. The summed E-state index contributed by atoms with van der Waals surface area (Å²) in [5.41, 5.74) is -0.547. The molecule has 1 aliphatic carbocycles. The van der Waals surface area contributed by atoms with Gasteiger partial charge in [-0.2, -0.15) is 13.2 Å². The number of ether oxygens (including phenoxy) is 2. The number of methoxy groups -OCH3 is 1. The van der Waals surface area contributed by atoms with Crippen molar-refractivity contribution in [2.45, 2.75) is 57.0 Å². The van der Waals surface area contributed by atoms with Gasteiger partial charge < -0.3 is 24.6 Å². The molecule has 9 nitrogen and oxygen atoms in total. The van der Waals surface area contributed by atoms with Gasteiger partial charge in [0.25, 0.3) is 0 Å². The van der Waals surface area contributed by atoms with E-state index in [2.05, 4.69) is 31.9 Å². The van der Waals surface area contributed by atoms with Gasteiger partial charge in [0.2, 0.25) is 11.9 Å². The van der Waals surface area contributed by atoms with E-state index in [1.54, 1.807) is 30.5 Å². The van der Waals surface area contributed by atoms with Crippen molar-refractivity contribution in [1.82, 2.24) is 20.2 Å². The summed E-state index contributed by atoms with van der Waals surface area (Å²) >= 11 is 0. The van der Waals surface area contributed by atoms with E-state index in [1.807, 2.05) is 0 Å². The van der Waals surface area contributed by atoms with Gasteiger partial charge in [0.05, 0.1) is 18.1 Å². The van der Waals surface area contributed by atoms with Gasteiger partial charge in [-0.3, -0.25) is 9.79 Å². The van der Waals surface area contributed by atoms with Gasteiger partial charge in [-0.15, -0.1) is 0 Å². The Labute approximate surface area is 232 Å². The number of hydrogen-bond acceptors (Lipinski definition) is 8. The Morgan fingerprint density at radius 3 is 2.83 bits per heavy atom. The molecule has 1 aromatic rings. The van der Waals surface area contributed by atoms with E-state index in [-0.39, 0.29) is 36.6 Å². The van der Waals surface area contributed by atoms with E-state index >= 15 is 0 Å². The number of nitrogens with one attached hydrogen (secondary N) is 1. The Morgan fingerprint density at radius 2 is 2.12 bits per heavy atom. The quantitative estimate of drug-likeness (QED) is 0.511. The predicted molar refractivity (Wildman–Crippen MR) is 144 cm³/mol. The minimum Gasteiger partial charge on any atom is -0.379 e. The fraction of sp³-hybridized carbons (Fsp3) is 0.643. The van der Waals surface area contributed by atoms with Crippen LogP contribution >= 0.6 is 0 Å². The third-order valence-electron chi connectivity index (χ3n) is 8.86. The maximum Gasteiger partial charge on any atom is 0.412 e. The van der Waals surface area contributed by atoms with Crippen molar-refractivity contribution in [1.29, 1.82) is 0 Å². The number of amides is 1. The average molecular weight is 563 g/mol. The van der Waals surface area contributed by atoms with Gasteiger partial charge in [0, 0.05) is 82.1 Å². The lowest BCUT2D eigenvalue weighted by atomic mass is 9.78. The molecular weight excluding hydrogens is 525 g/mol. The van der Waals surface area contributed by atoms with Crippen LogP contribution in [0.3, 0.4) is 0 Å². The van der Waals surface area contributed by atoms with Gasteiger partial charge in [-0.25, -0.2) is 9.97 Å². The second-order valence-electron chi connectivity index (χ2n) is 11.3. The number of halogens is 3. The number of alkyl halides is 3. The van der Waals surface area contributed by atoms with Crippen molar-refractivity contribution < 1.29 is 27.4 Å². The molecule has 12 heteroatoms. The fourth-order valence-corrected chi connectivity index (χ4v) is 6.79. The lowest BCUT2D eigenvalue weighted by Gasteiger charge is -2.38. The predicted octanol–water partition coefficient (Wildman–Crippen LogP) is 3.15. The number of hydrogen-bond donors (Lipinski definition) is 1. The molecule has 40 heavy (non-hydrogen) atoms. The van der Waals surface area contributed by atoms with Gasteiger partial charge in [-0.05, 0) is 56.5 Å². The second-order valence-corrected chi connectivity index (χ2v) is 11.3. The van der Waals surface area contributed by atoms with Crippen molar-refractivity contribution in [2.75, 3.05) is 51.4 Å². The first-order chi connectivity index (χ1) is 19.1. The van der Waals surface area contributed by atoms with Crippen LogP contribution < -0.4 is 10.2 Å². The van der Waals surface area contributed by atoms with Crippen molar-refractivity contribution in [3.8, 4) is 0 Å². The number of aromatic nitrogens is 2. The van der Waals surface area contributed by atoms with Crippen molar-refractivity contribution in [3.63, 3.8) is 0 Å². The molecule has 0 bridgehead atoms. The highest BCUT2D eigenvalue weighted by Crippen LogP contribution is 2.51. The lowest BCUT2D eigenvalue weighted by molar-refractivity contribution is -0.142. The molecule has 1 amide bonds. The first-order valence-corrected chi connectivity index (χ1v) is 13.8. The number of carbonyl (C=O) groups is 1. The number of allylic oxidation sites excluding steroid dienone is 1. The standard InChI is InChI=1S/C28H37F3N6O3/c1-18(28(29,30)31)11-19-14-36(9-5-22(19)32-2)25(38)27-13-21(35-23-6-10-40-16-24(23)39-3)12-20(27)15-37(17-27)26-33-7-4-8-34-26/h4,7-8,11,20-21,23-24,35H,2,5-6,9-10,12-17H2,1,3H3/b18-11+/t20-,21+,23?,24?,27-/m0/s1. The van der Waals surface area contributed by atoms with E-state index in [0.29, 0.717) is 62.9 Å². The summed E-state index contributed by atoms with van der Waals surface area (Å²) in [7, 11) is 1.68. The maximum atomic E-state index is 14.4. The molecule has 3 aliphatic heterocycles. The van der Waals surface area contributed by atoms with Crippen LogP contribution in [0.15, 0.2) is 46.4 Å². The summed E-state index contributed by atoms with van der Waals surface area (Å²) in [6.07, 6.45) is 2.57. The van der Waals surface area contributed by atoms with E-state index in [9.17, 15) is 18.0 Å².